The summed E-state index contributed by atoms with van der Waals surface area (Å²) in [5, 5.41) is 0. The molecule has 0 aliphatic carbocycles. The lowest BCUT2D eigenvalue weighted by Crippen LogP contribution is -2.49. The van der Waals surface area contributed by atoms with Gasteiger partial charge in [0.2, 0.25) is 11.8 Å². The van der Waals surface area contributed by atoms with Crippen molar-refractivity contribution in [2.24, 2.45) is 0 Å². The summed E-state index contributed by atoms with van der Waals surface area (Å²) in [6, 6.07) is 5.26. The highest BCUT2D eigenvalue weighted by molar-refractivity contribution is 5.85. The van der Waals surface area contributed by atoms with Gasteiger partial charge in [-0.1, -0.05) is 6.07 Å². The Morgan fingerprint density at radius 1 is 1.32 bits per heavy atom. The second kappa shape index (κ2) is 5.91. The van der Waals surface area contributed by atoms with E-state index in [9.17, 15) is 9.59 Å². The average Bonchev–Trinajstić information content (AvgIpc) is 3.26. The van der Waals surface area contributed by atoms with E-state index in [1.807, 2.05) is 21.9 Å². The summed E-state index contributed by atoms with van der Waals surface area (Å²) in [6.07, 6.45) is 1.27. The third-order valence-electron chi connectivity index (χ3n) is 5.56. The van der Waals surface area contributed by atoms with Crippen LogP contribution in [0.4, 0.5) is 0 Å². The number of ether oxygens (including phenoxy) is 3. The minimum absolute atomic E-state index is 0.00417. The second-order valence-corrected chi connectivity index (χ2v) is 6.65. The first-order valence-corrected chi connectivity index (χ1v) is 8.54. The molecule has 7 nitrogen and oxygen atoms in total. The Morgan fingerprint density at radius 2 is 2.16 bits per heavy atom. The molecule has 1 aromatic rings. The second-order valence-electron chi connectivity index (χ2n) is 6.65. The molecule has 0 radical (unpaired) electrons. The van der Waals surface area contributed by atoms with Crippen molar-refractivity contribution in [3.8, 4) is 11.5 Å². The van der Waals surface area contributed by atoms with Crippen molar-refractivity contribution in [3.63, 3.8) is 0 Å². The molecule has 3 aliphatic rings. The molecule has 4 rings (SSSR count). The first-order chi connectivity index (χ1) is 12.1. The summed E-state index contributed by atoms with van der Waals surface area (Å²) in [4.78, 5) is 28.8. The standard InChI is InChI=1S/C18H22N2O5/c1-23-13-4-3-12(14(10-13)24-2)9-16(21)19-6-5-18-15(19)11-17(22)20(18)7-8-25-18/h3-4,10,15H,5-9,11H2,1-2H3/t15-,18+/m1/s1. The van der Waals surface area contributed by atoms with Gasteiger partial charge in [-0.25, -0.2) is 0 Å². The molecule has 2 atom stereocenters. The van der Waals surface area contributed by atoms with Crippen LogP contribution in [0.15, 0.2) is 18.2 Å². The normalized spacial score (nSPS) is 27.4. The molecule has 0 unspecified atom stereocenters. The first kappa shape index (κ1) is 16.2. The quantitative estimate of drug-likeness (QED) is 0.807. The molecule has 0 aromatic heterocycles. The molecule has 0 saturated carbocycles. The summed E-state index contributed by atoms with van der Waals surface area (Å²) in [5.74, 6) is 1.39. The van der Waals surface area contributed by atoms with Gasteiger partial charge in [0.25, 0.3) is 0 Å². The number of benzene rings is 1. The van der Waals surface area contributed by atoms with Crippen LogP contribution in [0.1, 0.15) is 18.4 Å². The molecular weight excluding hydrogens is 324 g/mol. The van der Waals surface area contributed by atoms with E-state index in [4.69, 9.17) is 14.2 Å². The molecule has 3 saturated heterocycles. The molecule has 2 amide bonds. The molecule has 134 valence electrons. The highest BCUT2D eigenvalue weighted by atomic mass is 16.5. The molecule has 25 heavy (non-hydrogen) atoms. The predicted octanol–water partition coefficient (Wildman–Crippen LogP) is 0.806. The van der Waals surface area contributed by atoms with Crippen molar-refractivity contribution >= 4 is 11.8 Å². The zero-order valence-electron chi connectivity index (χ0n) is 14.5. The lowest BCUT2D eigenvalue weighted by molar-refractivity contribution is -0.139. The fraction of sp³-hybridized carbons (Fsp3) is 0.556. The fourth-order valence-electron chi connectivity index (χ4n) is 4.35. The molecule has 7 heteroatoms. The maximum absolute atomic E-state index is 12.9. The van der Waals surface area contributed by atoms with Crippen LogP contribution < -0.4 is 9.47 Å². The van der Waals surface area contributed by atoms with Crippen LogP contribution in [-0.2, 0) is 20.7 Å². The highest BCUT2D eigenvalue weighted by Crippen LogP contribution is 2.45. The molecule has 0 N–H and O–H groups in total. The van der Waals surface area contributed by atoms with Crippen LogP contribution in [0.2, 0.25) is 0 Å². The van der Waals surface area contributed by atoms with Crippen LogP contribution in [0.25, 0.3) is 0 Å². The Labute approximate surface area is 146 Å². The smallest absolute Gasteiger partial charge is 0.227 e. The van der Waals surface area contributed by atoms with E-state index in [1.165, 1.54) is 0 Å². The first-order valence-electron chi connectivity index (χ1n) is 8.54. The Morgan fingerprint density at radius 3 is 2.92 bits per heavy atom. The van der Waals surface area contributed by atoms with Gasteiger partial charge in [-0.2, -0.15) is 0 Å². The number of carbonyl (C=O) groups is 2. The van der Waals surface area contributed by atoms with E-state index in [2.05, 4.69) is 0 Å². The van der Waals surface area contributed by atoms with Crippen molar-refractivity contribution < 1.29 is 23.8 Å². The number of methoxy groups -OCH3 is 2. The van der Waals surface area contributed by atoms with Crippen molar-refractivity contribution in [1.82, 2.24) is 9.80 Å². The topological polar surface area (TPSA) is 68.3 Å². The third kappa shape index (κ3) is 2.37. The van der Waals surface area contributed by atoms with Crippen LogP contribution in [-0.4, -0.2) is 67.3 Å². The van der Waals surface area contributed by atoms with Crippen LogP contribution in [0.3, 0.4) is 0 Å². The zero-order chi connectivity index (χ0) is 17.6. The number of nitrogens with zero attached hydrogens (tertiary/aromatic N) is 2. The van der Waals surface area contributed by atoms with Gasteiger partial charge in [0.05, 0.1) is 39.7 Å². The van der Waals surface area contributed by atoms with Gasteiger partial charge in [-0.3, -0.25) is 9.59 Å². The van der Waals surface area contributed by atoms with Gasteiger partial charge in [-0.15, -0.1) is 0 Å². The van der Waals surface area contributed by atoms with Gasteiger partial charge in [0.15, 0.2) is 5.72 Å². The summed E-state index contributed by atoms with van der Waals surface area (Å²) in [5.41, 5.74) is 0.222. The van der Waals surface area contributed by atoms with E-state index in [1.54, 1.807) is 20.3 Å². The lowest BCUT2D eigenvalue weighted by Gasteiger charge is -2.31. The Hall–Kier alpha value is -2.28. The number of hydrogen-bond acceptors (Lipinski definition) is 5. The Kier molecular flexibility index (Phi) is 3.83. The number of amides is 2. The summed E-state index contributed by atoms with van der Waals surface area (Å²) >= 11 is 0. The number of likely N-dealkylation sites (tertiary alicyclic amines) is 1. The van der Waals surface area contributed by atoms with E-state index < -0.39 is 5.72 Å². The monoisotopic (exact) mass is 346 g/mol. The number of carbonyl (C=O) groups excluding carboxylic acids is 2. The average molecular weight is 346 g/mol. The zero-order valence-corrected chi connectivity index (χ0v) is 14.5. The van der Waals surface area contributed by atoms with Crippen molar-refractivity contribution in [3.05, 3.63) is 23.8 Å². The SMILES string of the molecule is COc1ccc(CC(=O)N2CC[C@@]34OCCN3C(=O)C[C@@H]24)c(OC)c1. The van der Waals surface area contributed by atoms with Crippen molar-refractivity contribution in [1.29, 1.82) is 0 Å². The molecule has 0 bridgehead atoms. The molecule has 3 heterocycles. The maximum Gasteiger partial charge on any atom is 0.227 e. The molecule has 3 fully saturated rings. The minimum atomic E-state index is -0.587. The molecule has 3 aliphatic heterocycles. The van der Waals surface area contributed by atoms with Gasteiger partial charge < -0.3 is 24.0 Å². The third-order valence-corrected chi connectivity index (χ3v) is 5.56. The van der Waals surface area contributed by atoms with Gasteiger partial charge >= 0.3 is 0 Å². The maximum atomic E-state index is 12.9. The van der Waals surface area contributed by atoms with Gasteiger partial charge in [-0.05, 0) is 6.07 Å². The van der Waals surface area contributed by atoms with Crippen LogP contribution >= 0.6 is 0 Å². The van der Waals surface area contributed by atoms with Gasteiger partial charge in [0, 0.05) is 31.1 Å². The van der Waals surface area contributed by atoms with Crippen molar-refractivity contribution in [2.75, 3.05) is 33.9 Å². The summed E-state index contributed by atoms with van der Waals surface area (Å²) in [7, 11) is 3.17. The fourth-order valence-corrected chi connectivity index (χ4v) is 4.35. The lowest BCUT2D eigenvalue weighted by atomic mass is 10.1. The highest BCUT2D eigenvalue weighted by Gasteiger charge is 2.62. The Balaban J connectivity index is 1.54. The van der Waals surface area contributed by atoms with Gasteiger partial charge in [0.1, 0.15) is 11.5 Å². The molecule has 1 spiro atoms. The molecule has 1 aromatic carbocycles. The summed E-state index contributed by atoms with van der Waals surface area (Å²) < 4.78 is 16.5. The molecular formula is C18H22N2O5. The minimum Gasteiger partial charge on any atom is -0.497 e. The van der Waals surface area contributed by atoms with Crippen LogP contribution in [0.5, 0.6) is 11.5 Å². The Bertz CT molecular complexity index is 721. The van der Waals surface area contributed by atoms with E-state index in [0.29, 0.717) is 44.0 Å². The number of rotatable bonds is 4. The van der Waals surface area contributed by atoms with E-state index in [-0.39, 0.29) is 24.3 Å². The predicted molar refractivity (Wildman–Crippen MR) is 88.4 cm³/mol. The van der Waals surface area contributed by atoms with Crippen LogP contribution in [0, 0.1) is 0 Å². The van der Waals surface area contributed by atoms with Crippen molar-refractivity contribution in [2.45, 2.75) is 31.0 Å². The number of hydrogen-bond donors (Lipinski definition) is 0. The largest absolute Gasteiger partial charge is 0.497 e. The summed E-state index contributed by atoms with van der Waals surface area (Å²) in [6.45, 7) is 1.80. The van der Waals surface area contributed by atoms with E-state index in [0.717, 1.165) is 5.56 Å². The van der Waals surface area contributed by atoms with E-state index >= 15 is 0 Å².